The summed E-state index contributed by atoms with van der Waals surface area (Å²) in [5.74, 6) is 1.14. The topological polar surface area (TPSA) is 76.0 Å². The summed E-state index contributed by atoms with van der Waals surface area (Å²) in [7, 11) is 1.66. The summed E-state index contributed by atoms with van der Waals surface area (Å²) in [4.78, 5) is 14.7. The van der Waals surface area contributed by atoms with E-state index in [-0.39, 0.29) is 17.9 Å². The molecule has 1 fully saturated rings. The summed E-state index contributed by atoms with van der Waals surface area (Å²) >= 11 is 0. The fourth-order valence-electron chi connectivity index (χ4n) is 3.57. The summed E-state index contributed by atoms with van der Waals surface area (Å²) in [6, 6.07) is 10.2. The van der Waals surface area contributed by atoms with Crippen LogP contribution < -0.4 is 4.74 Å². The minimum absolute atomic E-state index is 0.0456. The first-order chi connectivity index (χ1) is 13.5. The molecule has 0 radical (unpaired) electrons. The summed E-state index contributed by atoms with van der Waals surface area (Å²) in [6.45, 7) is 5.53. The molecule has 1 aromatic carbocycles. The SMILES string of the molecule is COc1ccc(-c2cc(C3CCN(C(=O)c4cnn(C(C)C)c4)C3)[nH]n2)cc1. The average Bonchev–Trinajstić information content (AvgIpc) is 3.47. The molecule has 1 N–H and O–H groups in total. The first kappa shape index (κ1) is 18.3. The third-order valence-corrected chi connectivity index (χ3v) is 5.28. The molecule has 3 heterocycles. The number of carbonyl (C=O) groups is 1. The van der Waals surface area contributed by atoms with E-state index in [1.165, 1.54) is 0 Å². The number of nitrogens with one attached hydrogen (secondary N) is 1. The lowest BCUT2D eigenvalue weighted by molar-refractivity contribution is 0.0790. The van der Waals surface area contributed by atoms with Gasteiger partial charge in [-0.25, -0.2) is 0 Å². The maximum absolute atomic E-state index is 12.8. The fraction of sp³-hybridized carbons (Fsp3) is 0.381. The van der Waals surface area contributed by atoms with Crippen LogP contribution in [0.15, 0.2) is 42.7 Å². The average molecular weight is 379 g/mol. The van der Waals surface area contributed by atoms with Crippen LogP contribution in [0.2, 0.25) is 0 Å². The first-order valence-corrected chi connectivity index (χ1v) is 9.58. The van der Waals surface area contributed by atoms with Gasteiger partial charge >= 0.3 is 0 Å². The van der Waals surface area contributed by atoms with Crippen molar-refractivity contribution < 1.29 is 9.53 Å². The van der Waals surface area contributed by atoms with Gasteiger partial charge in [0.15, 0.2) is 0 Å². The molecule has 0 bridgehead atoms. The lowest BCUT2D eigenvalue weighted by Crippen LogP contribution is -2.28. The second-order valence-electron chi connectivity index (χ2n) is 7.48. The number of nitrogens with zero attached hydrogens (tertiary/aromatic N) is 4. The van der Waals surface area contributed by atoms with E-state index in [1.54, 1.807) is 13.3 Å². The van der Waals surface area contributed by atoms with Crippen molar-refractivity contribution in [2.24, 2.45) is 0 Å². The number of hydrogen-bond acceptors (Lipinski definition) is 4. The van der Waals surface area contributed by atoms with Crippen LogP contribution in [-0.4, -0.2) is 51.0 Å². The fourth-order valence-corrected chi connectivity index (χ4v) is 3.57. The van der Waals surface area contributed by atoms with Crippen LogP contribution in [0.3, 0.4) is 0 Å². The van der Waals surface area contributed by atoms with Gasteiger partial charge in [0.1, 0.15) is 5.75 Å². The van der Waals surface area contributed by atoms with Crippen LogP contribution >= 0.6 is 0 Å². The minimum atomic E-state index is 0.0456. The van der Waals surface area contributed by atoms with Gasteiger partial charge in [0.2, 0.25) is 0 Å². The van der Waals surface area contributed by atoms with Crippen molar-refractivity contribution in [1.82, 2.24) is 24.9 Å². The predicted molar refractivity (Wildman–Crippen MR) is 106 cm³/mol. The van der Waals surface area contributed by atoms with Gasteiger partial charge in [-0.2, -0.15) is 10.2 Å². The highest BCUT2D eigenvalue weighted by molar-refractivity contribution is 5.94. The number of likely N-dealkylation sites (tertiary alicyclic amines) is 1. The molecular formula is C21H25N5O2. The first-order valence-electron chi connectivity index (χ1n) is 9.58. The molecule has 1 unspecified atom stereocenters. The molecule has 4 rings (SSSR count). The third kappa shape index (κ3) is 3.52. The van der Waals surface area contributed by atoms with Crippen molar-refractivity contribution in [3.05, 3.63) is 54.0 Å². The van der Waals surface area contributed by atoms with Crippen LogP contribution in [0, 0.1) is 0 Å². The zero-order valence-electron chi connectivity index (χ0n) is 16.4. The lowest BCUT2D eigenvalue weighted by Gasteiger charge is -2.15. The monoisotopic (exact) mass is 379 g/mol. The molecule has 0 aliphatic carbocycles. The Morgan fingerprint density at radius 3 is 2.75 bits per heavy atom. The van der Waals surface area contributed by atoms with Gasteiger partial charge < -0.3 is 9.64 Å². The third-order valence-electron chi connectivity index (χ3n) is 5.28. The summed E-state index contributed by atoms with van der Waals surface area (Å²) in [6.07, 6.45) is 4.42. The number of carbonyl (C=O) groups excluding carboxylic acids is 1. The van der Waals surface area contributed by atoms with Crippen molar-refractivity contribution in [3.63, 3.8) is 0 Å². The van der Waals surface area contributed by atoms with E-state index in [0.717, 1.165) is 35.7 Å². The van der Waals surface area contributed by atoms with E-state index in [9.17, 15) is 4.79 Å². The summed E-state index contributed by atoms with van der Waals surface area (Å²) in [5.41, 5.74) is 3.66. The number of amides is 1. The molecule has 1 atom stereocenters. The highest BCUT2D eigenvalue weighted by Gasteiger charge is 2.30. The quantitative estimate of drug-likeness (QED) is 0.736. The maximum Gasteiger partial charge on any atom is 0.257 e. The standard InChI is InChI=1S/C21H25N5O2/c1-14(2)26-13-17(11-22-26)21(27)25-9-8-16(12-25)20-10-19(23-24-20)15-4-6-18(28-3)7-5-15/h4-7,10-11,13-14,16H,8-9,12H2,1-3H3,(H,23,24). The Kier molecular flexibility index (Phi) is 4.90. The molecule has 2 aromatic heterocycles. The molecule has 1 aliphatic heterocycles. The molecule has 7 heteroatoms. The molecule has 146 valence electrons. The second kappa shape index (κ2) is 7.50. The maximum atomic E-state index is 12.8. The van der Waals surface area contributed by atoms with Gasteiger partial charge in [0.25, 0.3) is 5.91 Å². The molecule has 0 saturated carbocycles. The van der Waals surface area contributed by atoms with E-state index < -0.39 is 0 Å². The number of H-pyrrole nitrogens is 1. The van der Waals surface area contributed by atoms with Crippen molar-refractivity contribution in [1.29, 1.82) is 0 Å². The van der Waals surface area contributed by atoms with Crippen LogP contribution in [0.25, 0.3) is 11.3 Å². The van der Waals surface area contributed by atoms with Gasteiger partial charge in [-0.3, -0.25) is 14.6 Å². The summed E-state index contributed by atoms with van der Waals surface area (Å²) < 4.78 is 7.02. The highest BCUT2D eigenvalue weighted by Crippen LogP contribution is 2.30. The Morgan fingerprint density at radius 1 is 1.29 bits per heavy atom. The second-order valence-corrected chi connectivity index (χ2v) is 7.48. The molecule has 7 nitrogen and oxygen atoms in total. The van der Waals surface area contributed by atoms with E-state index in [2.05, 4.69) is 21.4 Å². The Labute approximate surface area is 164 Å². The van der Waals surface area contributed by atoms with E-state index in [4.69, 9.17) is 4.74 Å². The van der Waals surface area contributed by atoms with Crippen molar-refractivity contribution in [3.8, 4) is 17.0 Å². The molecule has 1 aliphatic rings. The molecular weight excluding hydrogens is 354 g/mol. The van der Waals surface area contributed by atoms with Crippen LogP contribution in [0.1, 0.15) is 48.3 Å². The molecule has 1 saturated heterocycles. The van der Waals surface area contributed by atoms with Crippen LogP contribution in [-0.2, 0) is 0 Å². The Balaban J connectivity index is 1.44. The number of rotatable bonds is 5. The number of benzene rings is 1. The predicted octanol–water partition coefficient (Wildman–Crippen LogP) is 3.49. The van der Waals surface area contributed by atoms with Crippen molar-refractivity contribution in [2.45, 2.75) is 32.2 Å². The Hall–Kier alpha value is -3.09. The van der Waals surface area contributed by atoms with Crippen LogP contribution in [0.5, 0.6) is 5.75 Å². The van der Waals surface area contributed by atoms with Gasteiger partial charge in [-0.1, -0.05) is 0 Å². The zero-order valence-corrected chi connectivity index (χ0v) is 16.4. The highest BCUT2D eigenvalue weighted by atomic mass is 16.5. The Bertz CT molecular complexity index is 957. The summed E-state index contributed by atoms with van der Waals surface area (Å²) in [5, 5.41) is 11.9. The molecule has 3 aromatic rings. The number of aromatic amines is 1. The van der Waals surface area contributed by atoms with Crippen LogP contribution in [0.4, 0.5) is 0 Å². The van der Waals surface area contributed by atoms with Gasteiger partial charge in [-0.05, 0) is 50.6 Å². The van der Waals surface area contributed by atoms with Crippen molar-refractivity contribution in [2.75, 3.05) is 20.2 Å². The van der Waals surface area contributed by atoms with Gasteiger partial charge in [-0.15, -0.1) is 0 Å². The van der Waals surface area contributed by atoms with Gasteiger partial charge in [0, 0.05) is 42.5 Å². The number of ether oxygens (including phenoxy) is 1. The Morgan fingerprint density at radius 2 is 2.07 bits per heavy atom. The zero-order chi connectivity index (χ0) is 19.7. The smallest absolute Gasteiger partial charge is 0.257 e. The van der Waals surface area contributed by atoms with E-state index in [1.807, 2.05) is 53.9 Å². The molecule has 28 heavy (non-hydrogen) atoms. The molecule has 0 spiro atoms. The normalized spacial score (nSPS) is 16.7. The number of aromatic nitrogens is 4. The van der Waals surface area contributed by atoms with E-state index >= 15 is 0 Å². The molecule has 1 amide bonds. The lowest BCUT2D eigenvalue weighted by atomic mass is 10.0. The minimum Gasteiger partial charge on any atom is -0.497 e. The largest absolute Gasteiger partial charge is 0.497 e. The van der Waals surface area contributed by atoms with Gasteiger partial charge in [0.05, 0.1) is 24.6 Å². The van der Waals surface area contributed by atoms with E-state index in [0.29, 0.717) is 12.1 Å². The van der Waals surface area contributed by atoms with Crippen molar-refractivity contribution >= 4 is 5.91 Å². The number of hydrogen-bond donors (Lipinski definition) is 1. The number of methoxy groups -OCH3 is 1.